The van der Waals surface area contributed by atoms with Crippen molar-refractivity contribution in [3.63, 3.8) is 0 Å². The number of carbonyl (C=O) groups is 1. The summed E-state index contributed by atoms with van der Waals surface area (Å²) in [7, 11) is 0. The van der Waals surface area contributed by atoms with Crippen LogP contribution in [0, 0.1) is 6.92 Å². The number of rotatable bonds is 2. The number of anilines is 2. The second kappa shape index (κ2) is 5.69. The largest absolute Gasteiger partial charge is 0.371 e. The van der Waals surface area contributed by atoms with Gasteiger partial charge in [-0.25, -0.2) is 0 Å². The van der Waals surface area contributed by atoms with E-state index >= 15 is 0 Å². The van der Waals surface area contributed by atoms with Crippen LogP contribution in [-0.2, 0) is 6.42 Å². The summed E-state index contributed by atoms with van der Waals surface area (Å²) in [4.78, 5) is 21.6. The minimum absolute atomic E-state index is 0.112. The van der Waals surface area contributed by atoms with Crippen LogP contribution in [-0.4, -0.2) is 30.5 Å². The van der Waals surface area contributed by atoms with Gasteiger partial charge in [-0.3, -0.25) is 9.78 Å². The fraction of sp³-hybridized carbons (Fsp3) is 0.368. The number of carbonyl (C=O) groups excluding carboxylic acids is 1. The lowest BCUT2D eigenvalue weighted by molar-refractivity contribution is 0.0990. The Hall–Kier alpha value is -2.36. The second-order valence-electron chi connectivity index (χ2n) is 6.43. The van der Waals surface area contributed by atoms with Crippen molar-refractivity contribution in [2.75, 3.05) is 29.4 Å². The van der Waals surface area contributed by atoms with Crippen LogP contribution in [0.2, 0.25) is 0 Å². The van der Waals surface area contributed by atoms with Gasteiger partial charge in [0.15, 0.2) is 0 Å². The van der Waals surface area contributed by atoms with Gasteiger partial charge in [0.25, 0.3) is 5.91 Å². The predicted molar refractivity (Wildman–Crippen MR) is 92.2 cm³/mol. The molecule has 0 aliphatic carbocycles. The average molecular weight is 307 g/mol. The number of fused-ring (bicyclic) bond motifs is 1. The molecule has 118 valence electrons. The number of hydrogen-bond donors (Lipinski definition) is 0. The monoisotopic (exact) mass is 307 g/mol. The molecule has 23 heavy (non-hydrogen) atoms. The standard InChI is InChI=1S/C19H21N3O/c1-14-4-5-18(21-9-2-3-10-21)16(12-14)19(23)22-11-7-15-13-20-8-6-17(15)22/h4-6,8,12-13H,2-3,7,9-11H2,1H3. The molecule has 2 aromatic rings. The number of benzene rings is 1. The first-order valence-corrected chi connectivity index (χ1v) is 8.34. The molecule has 1 amide bonds. The maximum atomic E-state index is 13.2. The van der Waals surface area contributed by atoms with Crippen LogP contribution in [0.1, 0.15) is 34.3 Å². The second-order valence-corrected chi connectivity index (χ2v) is 6.43. The van der Waals surface area contributed by atoms with Crippen LogP contribution in [0.4, 0.5) is 11.4 Å². The molecule has 4 heteroatoms. The molecule has 0 unspecified atom stereocenters. The molecule has 2 aliphatic rings. The van der Waals surface area contributed by atoms with E-state index in [-0.39, 0.29) is 5.91 Å². The van der Waals surface area contributed by atoms with E-state index < -0.39 is 0 Å². The lowest BCUT2D eigenvalue weighted by atomic mass is 10.1. The van der Waals surface area contributed by atoms with Crippen LogP contribution in [0.25, 0.3) is 0 Å². The molecule has 0 bridgehead atoms. The summed E-state index contributed by atoms with van der Waals surface area (Å²) in [6.07, 6.45) is 6.95. The number of pyridine rings is 1. The van der Waals surface area contributed by atoms with Gasteiger partial charge >= 0.3 is 0 Å². The van der Waals surface area contributed by atoms with Crippen molar-refractivity contribution in [3.8, 4) is 0 Å². The van der Waals surface area contributed by atoms with Crippen molar-refractivity contribution in [1.29, 1.82) is 0 Å². The summed E-state index contributed by atoms with van der Waals surface area (Å²) < 4.78 is 0. The molecule has 1 saturated heterocycles. The molecule has 4 nitrogen and oxygen atoms in total. The average Bonchev–Trinajstić information content (AvgIpc) is 3.24. The Morgan fingerprint density at radius 3 is 2.74 bits per heavy atom. The van der Waals surface area contributed by atoms with Gasteiger partial charge in [0.2, 0.25) is 0 Å². The number of aromatic nitrogens is 1. The van der Waals surface area contributed by atoms with Crippen LogP contribution >= 0.6 is 0 Å². The Morgan fingerprint density at radius 2 is 1.91 bits per heavy atom. The fourth-order valence-corrected chi connectivity index (χ4v) is 3.64. The van der Waals surface area contributed by atoms with Crippen molar-refractivity contribution in [2.24, 2.45) is 0 Å². The van der Waals surface area contributed by atoms with Crippen molar-refractivity contribution in [3.05, 3.63) is 53.3 Å². The van der Waals surface area contributed by atoms with Gasteiger partial charge in [0, 0.05) is 37.7 Å². The van der Waals surface area contributed by atoms with E-state index in [0.29, 0.717) is 0 Å². The summed E-state index contributed by atoms with van der Waals surface area (Å²) in [5.41, 5.74) is 5.22. The van der Waals surface area contributed by atoms with E-state index in [0.717, 1.165) is 54.1 Å². The van der Waals surface area contributed by atoms with Gasteiger partial charge in [-0.2, -0.15) is 0 Å². The molecule has 0 N–H and O–H groups in total. The molecule has 1 aromatic heterocycles. The van der Waals surface area contributed by atoms with Gasteiger partial charge in [-0.1, -0.05) is 11.6 Å². The zero-order chi connectivity index (χ0) is 15.8. The smallest absolute Gasteiger partial charge is 0.260 e. The van der Waals surface area contributed by atoms with E-state index in [1.54, 1.807) is 6.20 Å². The van der Waals surface area contributed by atoms with Crippen LogP contribution < -0.4 is 9.80 Å². The molecule has 0 atom stereocenters. The molecule has 1 fully saturated rings. The van der Waals surface area contributed by atoms with Crippen molar-refractivity contribution in [1.82, 2.24) is 4.98 Å². The zero-order valence-corrected chi connectivity index (χ0v) is 13.5. The molecule has 3 heterocycles. The summed E-state index contributed by atoms with van der Waals surface area (Å²) in [5, 5.41) is 0. The summed E-state index contributed by atoms with van der Waals surface area (Å²) in [6.45, 7) is 4.88. The highest BCUT2D eigenvalue weighted by atomic mass is 16.2. The fourth-order valence-electron chi connectivity index (χ4n) is 3.64. The topological polar surface area (TPSA) is 36.4 Å². The molecule has 0 spiro atoms. The lowest BCUT2D eigenvalue weighted by Gasteiger charge is -2.24. The van der Waals surface area contributed by atoms with Gasteiger partial charge in [-0.15, -0.1) is 0 Å². The highest BCUT2D eigenvalue weighted by Crippen LogP contribution is 2.32. The summed E-state index contributed by atoms with van der Waals surface area (Å²) in [5.74, 6) is 0.112. The normalized spacial score (nSPS) is 16.7. The van der Waals surface area contributed by atoms with Gasteiger partial charge in [-0.05, 0) is 49.9 Å². The minimum atomic E-state index is 0.112. The molecule has 0 radical (unpaired) electrons. The summed E-state index contributed by atoms with van der Waals surface area (Å²) in [6, 6.07) is 8.20. The maximum Gasteiger partial charge on any atom is 0.260 e. The van der Waals surface area contributed by atoms with E-state index in [1.807, 2.05) is 30.2 Å². The van der Waals surface area contributed by atoms with Crippen LogP contribution in [0.5, 0.6) is 0 Å². The van der Waals surface area contributed by atoms with Crippen molar-refractivity contribution < 1.29 is 4.79 Å². The van der Waals surface area contributed by atoms with Gasteiger partial charge in [0.05, 0.1) is 11.3 Å². The molecular formula is C19H21N3O. The first-order chi connectivity index (χ1) is 11.2. The minimum Gasteiger partial charge on any atom is -0.371 e. The third-order valence-electron chi connectivity index (χ3n) is 4.85. The SMILES string of the molecule is Cc1ccc(N2CCCC2)c(C(=O)N2CCc3cnccc32)c1. The Balaban J connectivity index is 1.73. The Labute approximate surface area is 136 Å². The van der Waals surface area contributed by atoms with E-state index in [4.69, 9.17) is 0 Å². The molecule has 4 rings (SSSR count). The van der Waals surface area contributed by atoms with E-state index in [1.165, 1.54) is 12.8 Å². The molecular weight excluding hydrogens is 286 g/mol. The number of aryl methyl sites for hydroxylation is 1. The van der Waals surface area contributed by atoms with Gasteiger partial charge in [0.1, 0.15) is 0 Å². The predicted octanol–water partition coefficient (Wildman–Crippen LogP) is 3.19. The highest BCUT2D eigenvalue weighted by molar-refractivity contribution is 6.10. The quantitative estimate of drug-likeness (QED) is 0.855. The Bertz CT molecular complexity index is 750. The van der Waals surface area contributed by atoms with E-state index in [2.05, 4.69) is 22.0 Å². The van der Waals surface area contributed by atoms with Gasteiger partial charge < -0.3 is 9.80 Å². The van der Waals surface area contributed by atoms with Crippen LogP contribution in [0.3, 0.4) is 0 Å². The first kappa shape index (κ1) is 14.2. The number of nitrogens with zero attached hydrogens (tertiary/aromatic N) is 3. The highest BCUT2D eigenvalue weighted by Gasteiger charge is 2.28. The molecule has 1 aromatic carbocycles. The first-order valence-electron chi connectivity index (χ1n) is 8.34. The number of hydrogen-bond acceptors (Lipinski definition) is 3. The van der Waals surface area contributed by atoms with Crippen molar-refractivity contribution in [2.45, 2.75) is 26.2 Å². The Morgan fingerprint density at radius 1 is 1.09 bits per heavy atom. The van der Waals surface area contributed by atoms with Crippen LogP contribution in [0.15, 0.2) is 36.7 Å². The summed E-state index contributed by atoms with van der Waals surface area (Å²) >= 11 is 0. The number of amides is 1. The maximum absolute atomic E-state index is 13.2. The zero-order valence-electron chi connectivity index (χ0n) is 13.5. The molecule has 2 aliphatic heterocycles. The third kappa shape index (κ3) is 2.48. The Kier molecular flexibility index (Phi) is 3.52. The van der Waals surface area contributed by atoms with Crippen molar-refractivity contribution >= 4 is 17.3 Å². The molecule has 0 saturated carbocycles. The third-order valence-corrected chi connectivity index (χ3v) is 4.85. The lowest BCUT2D eigenvalue weighted by Crippen LogP contribution is -2.31. The van der Waals surface area contributed by atoms with E-state index in [9.17, 15) is 4.79 Å².